The lowest BCUT2D eigenvalue weighted by Gasteiger charge is -2.36. The van der Waals surface area contributed by atoms with Crippen molar-refractivity contribution in [2.24, 2.45) is 0 Å². The van der Waals surface area contributed by atoms with Crippen LogP contribution in [-0.4, -0.2) is 43.3 Å². The van der Waals surface area contributed by atoms with Gasteiger partial charge in [-0.15, -0.1) is 0 Å². The van der Waals surface area contributed by atoms with E-state index >= 15 is 0 Å². The maximum absolute atomic E-state index is 12.8. The van der Waals surface area contributed by atoms with E-state index in [4.69, 9.17) is 21.3 Å². The smallest absolute Gasteiger partial charge is 0.256 e. The third-order valence-electron chi connectivity index (χ3n) is 5.48. The molecule has 0 amide bonds. The molecule has 1 aromatic heterocycles. The number of benzene rings is 2. The van der Waals surface area contributed by atoms with E-state index in [0.29, 0.717) is 23.0 Å². The molecule has 0 radical (unpaired) electrons. The zero-order valence-electron chi connectivity index (χ0n) is 17.2. The van der Waals surface area contributed by atoms with Gasteiger partial charge in [0.15, 0.2) is 0 Å². The van der Waals surface area contributed by atoms with E-state index in [-0.39, 0.29) is 5.56 Å². The Morgan fingerprint density at radius 1 is 1.07 bits per heavy atom. The van der Waals surface area contributed by atoms with Gasteiger partial charge in [-0.2, -0.15) is 0 Å². The highest BCUT2D eigenvalue weighted by molar-refractivity contribution is 6.30. The van der Waals surface area contributed by atoms with Crippen LogP contribution in [0.2, 0.25) is 5.02 Å². The first-order chi connectivity index (χ1) is 14.5. The standard InChI is InChI=1S/C23H25ClN4O2/c1-16-21(14-17-5-3-6-18(24)13-17)22(29)26-23(25-16)28-11-9-27(10-12-28)19-7-4-8-20(15-19)30-2/h3-8,13,15H,9-12,14H2,1-2H3,(H,25,26,29). The number of hydrogen-bond acceptors (Lipinski definition) is 5. The maximum atomic E-state index is 12.8. The van der Waals surface area contributed by atoms with E-state index in [1.807, 2.05) is 49.4 Å². The van der Waals surface area contributed by atoms with Gasteiger partial charge in [0.05, 0.1) is 12.8 Å². The number of rotatable bonds is 5. The number of ether oxygens (including phenoxy) is 1. The van der Waals surface area contributed by atoms with Crippen LogP contribution in [0.15, 0.2) is 53.3 Å². The SMILES string of the molecule is COc1cccc(N2CCN(c3nc(C)c(Cc4cccc(Cl)c4)c(=O)[nH]3)CC2)c1. The average molecular weight is 425 g/mol. The van der Waals surface area contributed by atoms with Gasteiger partial charge >= 0.3 is 0 Å². The number of aromatic amines is 1. The van der Waals surface area contributed by atoms with Gasteiger partial charge in [-0.3, -0.25) is 9.78 Å². The van der Waals surface area contributed by atoms with Gasteiger partial charge in [0.1, 0.15) is 5.75 Å². The highest BCUT2D eigenvalue weighted by Crippen LogP contribution is 2.23. The molecule has 0 bridgehead atoms. The number of H-pyrrole nitrogens is 1. The fourth-order valence-corrected chi connectivity index (χ4v) is 4.00. The molecule has 7 heteroatoms. The predicted octanol–water partition coefficient (Wildman–Crippen LogP) is 3.66. The Labute approximate surface area is 181 Å². The Balaban J connectivity index is 1.47. The van der Waals surface area contributed by atoms with Gasteiger partial charge in [-0.25, -0.2) is 4.98 Å². The molecular formula is C23H25ClN4O2. The predicted molar refractivity (Wildman–Crippen MR) is 121 cm³/mol. The summed E-state index contributed by atoms with van der Waals surface area (Å²) < 4.78 is 5.33. The summed E-state index contributed by atoms with van der Waals surface area (Å²) in [7, 11) is 1.68. The van der Waals surface area contributed by atoms with E-state index in [1.54, 1.807) is 7.11 Å². The number of halogens is 1. The second-order valence-electron chi connectivity index (χ2n) is 7.44. The van der Waals surface area contributed by atoms with Gasteiger partial charge < -0.3 is 14.5 Å². The molecule has 2 aromatic carbocycles. The summed E-state index contributed by atoms with van der Waals surface area (Å²) in [5.41, 5.74) is 3.48. The molecule has 0 aliphatic carbocycles. The molecule has 0 unspecified atom stereocenters. The van der Waals surface area contributed by atoms with Crippen molar-refractivity contribution in [1.82, 2.24) is 9.97 Å². The number of aryl methyl sites for hydroxylation is 1. The number of methoxy groups -OCH3 is 1. The number of nitrogens with zero attached hydrogens (tertiary/aromatic N) is 3. The zero-order chi connectivity index (χ0) is 21.1. The van der Waals surface area contributed by atoms with Crippen molar-refractivity contribution in [3.63, 3.8) is 0 Å². The Morgan fingerprint density at radius 2 is 1.80 bits per heavy atom. The summed E-state index contributed by atoms with van der Waals surface area (Å²) in [6.07, 6.45) is 0.513. The Bertz CT molecular complexity index is 1090. The van der Waals surface area contributed by atoms with Crippen LogP contribution in [0.3, 0.4) is 0 Å². The van der Waals surface area contributed by atoms with Crippen LogP contribution in [-0.2, 0) is 6.42 Å². The lowest BCUT2D eigenvalue weighted by atomic mass is 10.1. The lowest BCUT2D eigenvalue weighted by molar-refractivity contribution is 0.414. The second-order valence-corrected chi connectivity index (χ2v) is 7.87. The van der Waals surface area contributed by atoms with E-state index in [2.05, 4.69) is 20.9 Å². The van der Waals surface area contributed by atoms with Crippen LogP contribution in [0.1, 0.15) is 16.8 Å². The van der Waals surface area contributed by atoms with Gasteiger partial charge in [0, 0.05) is 54.9 Å². The first-order valence-electron chi connectivity index (χ1n) is 10.0. The molecule has 6 nitrogen and oxygen atoms in total. The summed E-state index contributed by atoms with van der Waals surface area (Å²) in [6, 6.07) is 15.7. The van der Waals surface area contributed by atoms with Crippen LogP contribution >= 0.6 is 11.6 Å². The summed E-state index contributed by atoms with van der Waals surface area (Å²) in [4.78, 5) is 24.9. The van der Waals surface area contributed by atoms with E-state index in [0.717, 1.165) is 48.9 Å². The molecule has 0 spiro atoms. The number of anilines is 2. The number of piperazine rings is 1. The Hall–Kier alpha value is -2.99. The van der Waals surface area contributed by atoms with Gasteiger partial charge in [-0.1, -0.05) is 29.8 Å². The fourth-order valence-electron chi connectivity index (χ4n) is 3.79. The average Bonchev–Trinajstić information content (AvgIpc) is 2.76. The van der Waals surface area contributed by atoms with Gasteiger partial charge in [-0.05, 0) is 36.8 Å². The van der Waals surface area contributed by atoms with Crippen molar-refractivity contribution >= 4 is 23.2 Å². The van der Waals surface area contributed by atoms with Crippen LogP contribution in [0, 0.1) is 6.92 Å². The summed E-state index contributed by atoms with van der Waals surface area (Å²) >= 11 is 6.07. The Morgan fingerprint density at radius 3 is 2.50 bits per heavy atom. The largest absolute Gasteiger partial charge is 0.497 e. The molecule has 1 aliphatic rings. The quantitative estimate of drug-likeness (QED) is 0.677. The minimum atomic E-state index is -0.0901. The summed E-state index contributed by atoms with van der Waals surface area (Å²) in [5.74, 6) is 1.49. The maximum Gasteiger partial charge on any atom is 0.256 e. The van der Waals surface area contributed by atoms with E-state index in [9.17, 15) is 4.79 Å². The first kappa shape index (κ1) is 20.3. The van der Waals surface area contributed by atoms with Crippen molar-refractivity contribution in [2.45, 2.75) is 13.3 Å². The molecule has 1 aliphatic heterocycles. The summed E-state index contributed by atoms with van der Waals surface area (Å²) in [5, 5.41) is 0.667. The van der Waals surface area contributed by atoms with Crippen molar-refractivity contribution < 1.29 is 4.74 Å². The minimum absolute atomic E-state index is 0.0901. The molecular weight excluding hydrogens is 400 g/mol. The highest BCUT2D eigenvalue weighted by atomic mass is 35.5. The monoisotopic (exact) mass is 424 g/mol. The topological polar surface area (TPSA) is 61.5 Å². The fraction of sp³-hybridized carbons (Fsp3) is 0.304. The molecule has 2 heterocycles. The van der Waals surface area contributed by atoms with Crippen LogP contribution < -0.4 is 20.1 Å². The molecule has 1 N–H and O–H groups in total. The van der Waals surface area contributed by atoms with E-state index in [1.165, 1.54) is 0 Å². The first-order valence-corrected chi connectivity index (χ1v) is 10.4. The number of nitrogens with one attached hydrogen (secondary N) is 1. The number of aromatic nitrogens is 2. The minimum Gasteiger partial charge on any atom is -0.497 e. The van der Waals surface area contributed by atoms with Crippen LogP contribution in [0.4, 0.5) is 11.6 Å². The molecule has 1 fully saturated rings. The molecule has 1 saturated heterocycles. The second kappa shape index (κ2) is 8.79. The van der Waals surface area contributed by atoms with Gasteiger partial charge in [0.2, 0.25) is 5.95 Å². The summed E-state index contributed by atoms with van der Waals surface area (Å²) in [6.45, 7) is 5.16. The molecule has 156 valence electrons. The van der Waals surface area contributed by atoms with Crippen molar-refractivity contribution in [3.8, 4) is 5.75 Å². The lowest BCUT2D eigenvalue weighted by Crippen LogP contribution is -2.47. The highest BCUT2D eigenvalue weighted by Gasteiger charge is 2.20. The molecule has 0 atom stereocenters. The van der Waals surface area contributed by atoms with E-state index < -0.39 is 0 Å². The third kappa shape index (κ3) is 4.44. The van der Waals surface area contributed by atoms with Crippen LogP contribution in [0.25, 0.3) is 0 Å². The number of hydrogen-bond donors (Lipinski definition) is 1. The normalized spacial score (nSPS) is 14.1. The molecule has 4 rings (SSSR count). The molecule has 30 heavy (non-hydrogen) atoms. The van der Waals surface area contributed by atoms with Crippen molar-refractivity contribution in [1.29, 1.82) is 0 Å². The zero-order valence-corrected chi connectivity index (χ0v) is 17.9. The Kier molecular flexibility index (Phi) is 5.95. The molecule has 0 saturated carbocycles. The van der Waals surface area contributed by atoms with Crippen molar-refractivity contribution in [2.75, 3.05) is 43.1 Å². The van der Waals surface area contributed by atoms with Gasteiger partial charge in [0.25, 0.3) is 5.56 Å². The van der Waals surface area contributed by atoms with Crippen LogP contribution in [0.5, 0.6) is 5.75 Å². The third-order valence-corrected chi connectivity index (χ3v) is 5.71. The van der Waals surface area contributed by atoms with Crippen molar-refractivity contribution in [3.05, 3.63) is 80.7 Å². The molecule has 3 aromatic rings.